The van der Waals surface area contributed by atoms with E-state index in [1.807, 2.05) is 30.5 Å². The van der Waals surface area contributed by atoms with Gasteiger partial charge < -0.3 is 20.2 Å². The predicted molar refractivity (Wildman–Crippen MR) is 106 cm³/mol. The third kappa shape index (κ3) is 4.25. The van der Waals surface area contributed by atoms with Gasteiger partial charge in [-0.3, -0.25) is 4.98 Å². The lowest BCUT2D eigenvalue weighted by atomic mass is 10.2. The third-order valence-electron chi connectivity index (χ3n) is 4.63. The maximum atomic E-state index is 10.1. The van der Waals surface area contributed by atoms with E-state index >= 15 is 0 Å². The Morgan fingerprint density at radius 3 is 2.62 bits per heavy atom. The van der Waals surface area contributed by atoms with Crippen LogP contribution in [0.1, 0.15) is 18.2 Å². The topological polar surface area (TPSA) is 64.0 Å². The summed E-state index contributed by atoms with van der Waals surface area (Å²) in [6.07, 6.45) is 1.82. The van der Waals surface area contributed by atoms with E-state index in [-0.39, 0.29) is 0 Å². The molecular weight excluding hydrogens is 326 g/mol. The molecule has 1 aromatic heterocycles. The van der Waals surface area contributed by atoms with E-state index in [0.717, 1.165) is 55.6 Å². The van der Waals surface area contributed by atoms with Crippen LogP contribution in [0.25, 0.3) is 0 Å². The Kier molecular flexibility index (Phi) is 5.94. The fraction of sp³-hybridized carbons (Fsp3) is 0.400. The molecule has 6 heteroatoms. The van der Waals surface area contributed by atoms with Crippen LogP contribution in [0.2, 0.25) is 0 Å². The Bertz CT molecular complexity index is 753. The monoisotopic (exact) mass is 353 g/mol. The minimum Gasteiger partial charge on any atom is -0.506 e. The van der Waals surface area contributed by atoms with E-state index in [9.17, 15) is 5.11 Å². The highest BCUT2D eigenvalue weighted by Gasteiger charge is 2.21. The van der Waals surface area contributed by atoms with Gasteiger partial charge in [-0.2, -0.15) is 0 Å². The first-order chi connectivity index (χ1) is 12.7. The molecule has 0 bridgehead atoms. The lowest BCUT2D eigenvalue weighted by Crippen LogP contribution is -2.52. The van der Waals surface area contributed by atoms with Crippen LogP contribution in [0.5, 0.6) is 5.75 Å². The number of aromatic nitrogens is 1. The molecule has 2 N–H and O–H groups in total. The SMILES string of the molecule is CCNC(=NCc1ncccc1C)N1CCN(c2ccccc2O)CC1. The Hall–Kier alpha value is -2.76. The molecule has 6 nitrogen and oxygen atoms in total. The van der Waals surface area contributed by atoms with Gasteiger partial charge in [0.05, 0.1) is 17.9 Å². The zero-order valence-corrected chi connectivity index (χ0v) is 15.5. The Labute approximate surface area is 155 Å². The van der Waals surface area contributed by atoms with Gasteiger partial charge in [0.15, 0.2) is 5.96 Å². The fourth-order valence-electron chi connectivity index (χ4n) is 3.15. The number of rotatable bonds is 4. The second-order valence-electron chi connectivity index (χ2n) is 6.40. The minimum absolute atomic E-state index is 0.340. The molecule has 0 spiro atoms. The highest BCUT2D eigenvalue weighted by molar-refractivity contribution is 5.80. The Morgan fingerprint density at radius 2 is 1.92 bits per heavy atom. The molecule has 1 saturated heterocycles. The van der Waals surface area contributed by atoms with Crippen LogP contribution in [0.4, 0.5) is 5.69 Å². The molecule has 1 aliphatic rings. The summed E-state index contributed by atoms with van der Waals surface area (Å²) in [6.45, 7) is 8.99. The molecule has 1 fully saturated rings. The van der Waals surface area contributed by atoms with E-state index in [0.29, 0.717) is 12.3 Å². The normalized spacial score (nSPS) is 15.2. The molecule has 2 heterocycles. The first kappa shape index (κ1) is 18.0. The number of aromatic hydroxyl groups is 1. The molecular formula is C20H27N5O. The van der Waals surface area contributed by atoms with E-state index in [1.54, 1.807) is 6.07 Å². The number of phenols is 1. The summed E-state index contributed by atoms with van der Waals surface area (Å²) in [6, 6.07) is 11.5. The van der Waals surface area contributed by atoms with E-state index < -0.39 is 0 Å². The molecule has 0 atom stereocenters. The Morgan fingerprint density at radius 1 is 1.15 bits per heavy atom. The van der Waals surface area contributed by atoms with Gasteiger partial charge in [-0.05, 0) is 37.6 Å². The van der Waals surface area contributed by atoms with Crippen molar-refractivity contribution in [2.45, 2.75) is 20.4 Å². The van der Waals surface area contributed by atoms with E-state index in [4.69, 9.17) is 4.99 Å². The van der Waals surface area contributed by atoms with Crippen LogP contribution in [0, 0.1) is 6.92 Å². The van der Waals surface area contributed by atoms with Crippen molar-refractivity contribution in [3.05, 3.63) is 53.9 Å². The lowest BCUT2D eigenvalue weighted by Gasteiger charge is -2.37. The first-order valence-electron chi connectivity index (χ1n) is 9.15. The largest absolute Gasteiger partial charge is 0.506 e. The van der Waals surface area contributed by atoms with Crippen molar-refractivity contribution in [1.29, 1.82) is 0 Å². The maximum Gasteiger partial charge on any atom is 0.194 e. The number of anilines is 1. The van der Waals surface area contributed by atoms with Crippen molar-refractivity contribution in [3.63, 3.8) is 0 Å². The maximum absolute atomic E-state index is 10.1. The highest BCUT2D eigenvalue weighted by Crippen LogP contribution is 2.27. The van der Waals surface area contributed by atoms with Crippen molar-refractivity contribution in [1.82, 2.24) is 15.2 Å². The molecule has 0 unspecified atom stereocenters. The predicted octanol–water partition coefficient (Wildman–Crippen LogP) is 2.38. The zero-order chi connectivity index (χ0) is 18.4. The molecule has 1 aliphatic heterocycles. The number of nitrogens with zero attached hydrogens (tertiary/aromatic N) is 4. The quantitative estimate of drug-likeness (QED) is 0.653. The van der Waals surface area contributed by atoms with Crippen LogP contribution in [-0.2, 0) is 6.54 Å². The van der Waals surface area contributed by atoms with Crippen molar-refractivity contribution in [2.75, 3.05) is 37.6 Å². The lowest BCUT2D eigenvalue weighted by molar-refractivity contribution is 0.369. The van der Waals surface area contributed by atoms with Gasteiger partial charge in [0.1, 0.15) is 5.75 Å². The average molecular weight is 353 g/mol. The summed E-state index contributed by atoms with van der Waals surface area (Å²) in [7, 11) is 0. The average Bonchev–Trinajstić information content (AvgIpc) is 2.67. The van der Waals surface area contributed by atoms with Crippen LogP contribution in [0.15, 0.2) is 47.6 Å². The number of guanidine groups is 1. The van der Waals surface area contributed by atoms with Crippen molar-refractivity contribution < 1.29 is 5.11 Å². The summed E-state index contributed by atoms with van der Waals surface area (Å²) in [5.74, 6) is 1.27. The van der Waals surface area contributed by atoms with Gasteiger partial charge in [0, 0.05) is 38.9 Å². The number of aryl methyl sites for hydroxylation is 1. The van der Waals surface area contributed by atoms with Gasteiger partial charge in [-0.25, -0.2) is 4.99 Å². The Balaban J connectivity index is 1.66. The van der Waals surface area contributed by atoms with Crippen molar-refractivity contribution in [2.24, 2.45) is 4.99 Å². The van der Waals surface area contributed by atoms with Crippen LogP contribution in [0.3, 0.4) is 0 Å². The van der Waals surface area contributed by atoms with Crippen molar-refractivity contribution >= 4 is 11.6 Å². The van der Waals surface area contributed by atoms with Crippen LogP contribution in [-0.4, -0.2) is 53.7 Å². The fourth-order valence-corrected chi connectivity index (χ4v) is 3.15. The summed E-state index contributed by atoms with van der Waals surface area (Å²) in [4.78, 5) is 13.7. The summed E-state index contributed by atoms with van der Waals surface area (Å²) in [5, 5.41) is 13.4. The smallest absolute Gasteiger partial charge is 0.194 e. The number of benzene rings is 1. The second kappa shape index (κ2) is 8.56. The van der Waals surface area contributed by atoms with Gasteiger partial charge in [0.2, 0.25) is 0 Å². The van der Waals surface area contributed by atoms with Crippen molar-refractivity contribution in [3.8, 4) is 5.75 Å². The molecule has 0 amide bonds. The second-order valence-corrected chi connectivity index (χ2v) is 6.40. The molecule has 138 valence electrons. The highest BCUT2D eigenvalue weighted by atomic mass is 16.3. The summed E-state index contributed by atoms with van der Waals surface area (Å²) < 4.78 is 0. The number of hydrogen-bond donors (Lipinski definition) is 2. The summed E-state index contributed by atoms with van der Waals surface area (Å²) in [5.41, 5.74) is 3.07. The number of phenolic OH excluding ortho intramolecular Hbond substituents is 1. The van der Waals surface area contributed by atoms with Gasteiger partial charge in [-0.1, -0.05) is 18.2 Å². The number of aliphatic imine (C=N–C) groups is 1. The van der Waals surface area contributed by atoms with Gasteiger partial charge in [-0.15, -0.1) is 0 Å². The minimum atomic E-state index is 0.340. The number of hydrogen-bond acceptors (Lipinski definition) is 4. The molecule has 2 aromatic rings. The first-order valence-corrected chi connectivity index (χ1v) is 9.15. The van der Waals surface area contributed by atoms with E-state index in [1.165, 1.54) is 0 Å². The summed E-state index contributed by atoms with van der Waals surface area (Å²) >= 11 is 0. The molecule has 0 radical (unpaired) electrons. The molecule has 0 saturated carbocycles. The molecule has 26 heavy (non-hydrogen) atoms. The number of pyridine rings is 1. The van der Waals surface area contributed by atoms with Crippen LogP contribution >= 0.6 is 0 Å². The van der Waals surface area contributed by atoms with Gasteiger partial charge >= 0.3 is 0 Å². The van der Waals surface area contributed by atoms with Crippen LogP contribution < -0.4 is 10.2 Å². The number of nitrogens with one attached hydrogen (secondary N) is 1. The number of para-hydroxylation sites is 2. The third-order valence-corrected chi connectivity index (χ3v) is 4.63. The standard InChI is InChI=1S/C20H27N5O/c1-3-21-20(23-15-17-16(2)7-6-10-22-17)25-13-11-24(12-14-25)18-8-4-5-9-19(18)26/h4-10,26H,3,11-15H2,1-2H3,(H,21,23). The molecule has 1 aromatic carbocycles. The van der Waals surface area contributed by atoms with E-state index in [2.05, 4.69) is 40.0 Å². The zero-order valence-electron chi connectivity index (χ0n) is 15.5. The molecule has 0 aliphatic carbocycles. The number of piperazine rings is 1. The molecule has 3 rings (SSSR count). The van der Waals surface area contributed by atoms with Gasteiger partial charge in [0.25, 0.3) is 0 Å².